The number of nitrogens with one attached hydrogen (secondary N) is 2. The molecule has 0 bridgehead atoms. The van der Waals surface area contributed by atoms with E-state index >= 15 is 0 Å². The quantitative estimate of drug-likeness (QED) is 0.743. The second-order valence-electron chi connectivity index (χ2n) is 3.39. The fourth-order valence-corrected chi connectivity index (χ4v) is 3.05. The number of H-pyrrole nitrogens is 1. The summed E-state index contributed by atoms with van der Waals surface area (Å²) in [6, 6.07) is 3.72. The molecule has 0 aliphatic rings. The Kier molecular flexibility index (Phi) is 3.26. The van der Waals surface area contributed by atoms with Crippen molar-refractivity contribution in [3.63, 3.8) is 0 Å². The molecule has 0 fully saturated rings. The number of hydrogen-bond donors (Lipinski definition) is 3. The summed E-state index contributed by atoms with van der Waals surface area (Å²) in [4.78, 5) is -0.538. The Morgan fingerprint density at radius 3 is 2.78 bits per heavy atom. The molecule has 0 amide bonds. The molecular weight excluding hydrogens is 327 g/mol. The number of anilines is 2. The van der Waals surface area contributed by atoms with Crippen LogP contribution in [0.25, 0.3) is 0 Å². The van der Waals surface area contributed by atoms with Gasteiger partial charge in [-0.3, -0.25) is 9.82 Å². The largest absolute Gasteiger partial charge is 0.399 e. The van der Waals surface area contributed by atoms with Crippen molar-refractivity contribution in [2.24, 2.45) is 0 Å². The SMILES string of the molecule is Nc1cc(Br)c(F)c(S(=O)(=O)Nc2ccn[nH]2)c1. The van der Waals surface area contributed by atoms with Gasteiger partial charge in [0.1, 0.15) is 10.7 Å². The van der Waals surface area contributed by atoms with Gasteiger partial charge in [0, 0.05) is 11.8 Å². The summed E-state index contributed by atoms with van der Waals surface area (Å²) in [5, 5.41) is 5.98. The third-order valence-corrected chi connectivity index (χ3v) is 3.99. The standard InChI is InChI=1S/C9H8BrFN4O2S/c10-6-3-5(12)4-7(9(6)11)18(16,17)15-8-1-2-13-14-8/h1-4H,12H2,(H2,13,14,15). The number of sulfonamides is 1. The van der Waals surface area contributed by atoms with Crippen LogP contribution in [0.5, 0.6) is 0 Å². The minimum absolute atomic E-state index is 0.0208. The first-order valence-electron chi connectivity index (χ1n) is 4.67. The average Bonchev–Trinajstić information content (AvgIpc) is 2.75. The van der Waals surface area contributed by atoms with Crippen LogP contribution < -0.4 is 10.5 Å². The van der Waals surface area contributed by atoms with Crippen molar-refractivity contribution in [3.05, 3.63) is 34.7 Å². The first-order chi connectivity index (χ1) is 8.40. The third-order valence-electron chi connectivity index (χ3n) is 2.05. The number of aromatic nitrogens is 2. The third kappa shape index (κ3) is 2.46. The van der Waals surface area contributed by atoms with E-state index in [0.29, 0.717) is 0 Å². The summed E-state index contributed by atoms with van der Waals surface area (Å²) < 4.78 is 39.8. The molecule has 96 valence electrons. The van der Waals surface area contributed by atoms with Crippen LogP contribution in [0.15, 0.2) is 33.8 Å². The summed E-state index contributed by atoms with van der Waals surface area (Å²) in [5.41, 5.74) is 5.62. The zero-order valence-electron chi connectivity index (χ0n) is 8.81. The Hall–Kier alpha value is -1.61. The lowest BCUT2D eigenvalue weighted by Gasteiger charge is -2.08. The van der Waals surface area contributed by atoms with Crippen molar-refractivity contribution >= 4 is 37.5 Å². The molecule has 0 radical (unpaired) electrons. The van der Waals surface area contributed by atoms with Crippen LogP contribution in [0.4, 0.5) is 15.9 Å². The van der Waals surface area contributed by atoms with E-state index in [9.17, 15) is 12.8 Å². The van der Waals surface area contributed by atoms with Crippen molar-refractivity contribution < 1.29 is 12.8 Å². The topological polar surface area (TPSA) is 101 Å². The predicted octanol–water partition coefficient (Wildman–Crippen LogP) is 1.69. The van der Waals surface area contributed by atoms with Gasteiger partial charge in [0.25, 0.3) is 10.0 Å². The average molecular weight is 335 g/mol. The molecule has 0 unspecified atom stereocenters. The van der Waals surface area contributed by atoms with Gasteiger partial charge < -0.3 is 5.73 Å². The lowest BCUT2D eigenvalue weighted by atomic mass is 10.3. The van der Waals surface area contributed by atoms with Crippen LogP contribution in [0.3, 0.4) is 0 Å². The number of nitrogen functional groups attached to an aromatic ring is 1. The molecule has 0 aliphatic carbocycles. The van der Waals surface area contributed by atoms with Gasteiger partial charge in [-0.1, -0.05) is 0 Å². The fraction of sp³-hybridized carbons (Fsp3) is 0. The highest BCUT2D eigenvalue weighted by atomic mass is 79.9. The second kappa shape index (κ2) is 4.58. The number of halogens is 2. The Balaban J connectivity index is 2.48. The summed E-state index contributed by atoms with van der Waals surface area (Å²) in [6.45, 7) is 0. The molecule has 4 N–H and O–H groups in total. The molecule has 1 heterocycles. The first-order valence-corrected chi connectivity index (χ1v) is 6.94. The maximum absolute atomic E-state index is 13.8. The molecule has 6 nitrogen and oxygen atoms in total. The van der Waals surface area contributed by atoms with E-state index in [1.165, 1.54) is 18.3 Å². The van der Waals surface area contributed by atoms with Crippen molar-refractivity contribution in [2.45, 2.75) is 4.90 Å². The highest BCUT2D eigenvalue weighted by Gasteiger charge is 2.22. The molecule has 2 aromatic rings. The number of hydrogen-bond acceptors (Lipinski definition) is 4. The number of nitrogens with zero attached hydrogens (tertiary/aromatic N) is 1. The minimum atomic E-state index is -4.07. The molecule has 18 heavy (non-hydrogen) atoms. The van der Waals surface area contributed by atoms with Gasteiger partial charge in [-0.25, -0.2) is 12.8 Å². The Bertz CT molecular complexity index is 672. The van der Waals surface area contributed by atoms with E-state index in [0.717, 1.165) is 6.07 Å². The van der Waals surface area contributed by atoms with Crippen LogP contribution in [0.2, 0.25) is 0 Å². The zero-order chi connectivity index (χ0) is 13.3. The lowest BCUT2D eigenvalue weighted by molar-refractivity contribution is 0.566. The molecule has 0 spiro atoms. The zero-order valence-corrected chi connectivity index (χ0v) is 11.2. The van der Waals surface area contributed by atoms with Gasteiger partial charge in [0.05, 0.1) is 10.7 Å². The van der Waals surface area contributed by atoms with E-state index in [4.69, 9.17) is 5.73 Å². The number of nitrogens with two attached hydrogens (primary N) is 1. The normalized spacial score (nSPS) is 11.4. The van der Waals surface area contributed by atoms with Gasteiger partial charge in [-0.15, -0.1) is 0 Å². The first kappa shape index (κ1) is 12.8. The fourth-order valence-electron chi connectivity index (χ4n) is 1.29. The lowest BCUT2D eigenvalue weighted by Crippen LogP contribution is -2.15. The Morgan fingerprint density at radius 2 is 2.17 bits per heavy atom. The van der Waals surface area contributed by atoms with Gasteiger partial charge in [0.2, 0.25) is 0 Å². The van der Waals surface area contributed by atoms with Crippen molar-refractivity contribution in [2.75, 3.05) is 10.5 Å². The number of benzene rings is 1. The number of aromatic amines is 1. The molecule has 2 rings (SSSR count). The van der Waals surface area contributed by atoms with Crippen LogP contribution in [-0.2, 0) is 10.0 Å². The van der Waals surface area contributed by atoms with Crippen LogP contribution in [0.1, 0.15) is 0 Å². The Morgan fingerprint density at radius 1 is 1.44 bits per heavy atom. The van der Waals surface area contributed by atoms with Gasteiger partial charge in [0.15, 0.2) is 5.82 Å². The van der Waals surface area contributed by atoms with Crippen molar-refractivity contribution in [1.29, 1.82) is 0 Å². The van der Waals surface area contributed by atoms with Gasteiger partial charge >= 0.3 is 0 Å². The second-order valence-corrected chi connectivity index (χ2v) is 5.90. The van der Waals surface area contributed by atoms with Crippen LogP contribution in [0, 0.1) is 5.82 Å². The molecule has 0 saturated carbocycles. The molecule has 0 saturated heterocycles. The highest BCUT2D eigenvalue weighted by molar-refractivity contribution is 9.10. The van der Waals surface area contributed by atoms with Gasteiger partial charge in [-0.2, -0.15) is 5.10 Å². The van der Waals surface area contributed by atoms with Crippen LogP contribution in [-0.4, -0.2) is 18.6 Å². The molecule has 9 heteroatoms. The summed E-state index contributed by atoms with van der Waals surface area (Å²) in [7, 11) is -4.07. The summed E-state index contributed by atoms with van der Waals surface area (Å²) >= 11 is 2.90. The molecule has 0 aliphatic heterocycles. The number of rotatable bonds is 3. The summed E-state index contributed by atoms with van der Waals surface area (Å²) in [6.07, 6.45) is 1.36. The van der Waals surface area contributed by atoms with E-state index in [-0.39, 0.29) is 16.0 Å². The highest BCUT2D eigenvalue weighted by Crippen LogP contribution is 2.27. The molecule has 1 aromatic heterocycles. The van der Waals surface area contributed by atoms with E-state index in [1.54, 1.807) is 0 Å². The Labute approximate surface area is 111 Å². The minimum Gasteiger partial charge on any atom is -0.399 e. The van der Waals surface area contributed by atoms with Crippen molar-refractivity contribution in [3.8, 4) is 0 Å². The maximum Gasteiger partial charge on any atom is 0.266 e. The predicted molar refractivity (Wildman–Crippen MR) is 67.9 cm³/mol. The van der Waals surface area contributed by atoms with E-state index in [2.05, 4.69) is 30.8 Å². The monoisotopic (exact) mass is 334 g/mol. The van der Waals surface area contributed by atoms with Gasteiger partial charge in [-0.05, 0) is 28.1 Å². The molecule has 0 atom stereocenters. The molecular formula is C9H8BrFN4O2S. The van der Waals surface area contributed by atoms with E-state index < -0.39 is 20.7 Å². The van der Waals surface area contributed by atoms with Crippen LogP contribution >= 0.6 is 15.9 Å². The smallest absolute Gasteiger partial charge is 0.266 e. The van der Waals surface area contributed by atoms with Crippen molar-refractivity contribution in [1.82, 2.24) is 10.2 Å². The summed E-state index contributed by atoms with van der Waals surface area (Å²) in [5.74, 6) is -0.774. The van der Waals surface area contributed by atoms with E-state index in [1.807, 2.05) is 0 Å². The molecule has 1 aromatic carbocycles. The maximum atomic E-state index is 13.8.